The van der Waals surface area contributed by atoms with Crippen molar-refractivity contribution in [2.75, 3.05) is 26.7 Å². The van der Waals surface area contributed by atoms with Crippen molar-refractivity contribution in [2.45, 2.75) is 39.2 Å². The standard InChI is InChI=1S/C16H26N2O3/c1-16(2)12(13(16)15(20)21)14(19)18-8-6-11-10(9-18)5-4-7-17(11)3/h10-13H,4-9H2,1-3H3,(H,20,21)/t10?,11?,12-,13+/m1/s1. The van der Waals surface area contributed by atoms with Crippen LogP contribution >= 0.6 is 0 Å². The number of piperidine rings is 2. The van der Waals surface area contributed by atoms with E-state index in [9.17, 15) is 14.7 Å². The highest BCUT2D eigenvalue weighted by atomic mass is 16.4. The van der Waals surface area contributed by atoms with Gasteiger partial charge in [-0.25, -0.2) is 0 Å². The number of amides is 1. The van der Waals surface area contributed by atoms with Crippen molar-refractivity contribution in [3.05, 3.63) is 0 Å². The first kappa shape index (κ1) is 14.8. The predicted octanol–water partition coefficient (Wildman–Crippen LogP) is 1.29. The molecule has 5 heteroatoms. The molecule has 0 aromatic carbocycles. The quantitative estimate of drug-likeness (QED) is 0.833. The number of likely N-dealkylation sites (tertiary alicyclic amines) is 2. The Balaban J connectivity index is 1.66. The van der Waals surface area contributed by atoms with Crippen molar-refractivity contribution >= 4 is 11.9 Å². The minimum atomic E-state index is -0.828. The molecule has 4 atom stereocenters. The largest absolute Gasteiger partial charge is 0.481 e. The SMILES string of the molecule is CN1CCCC2CN(C(=O)[C@H]3[C@@H](C(=O)O)C3(C)C)CCC21. The summed E-state index contributed by atoms with van der Waals surface area (Å²) in [6.45, 7) is 6.55. The molecule has 2 saturated heterocycles. The molecule has 0 spiro atoms. The Morgan fingerprint density at radius 2 is 1.86 bits per heavy atom. The summed E-state index contributed by atoms with van der Waals surface area (Å²) in [5.74, 6) is -1.03. The molecule has 2 heterocycles. The second kappa shape index (κ2) is 4.97. The molecule has 3 fully saturated rings. The normalized spacial score (nSPS) is 38.7. The molecule has 1 N–H and O–H groups in total. The second-order valence-corrected chi connectivity index (χ2v) is 7.64. The van der Waals surface area contributed by atoms with Gasteiger partial charge in [0.2, 0.25) is 5.91 Å². The first-order valence-electron chi connectivity index (χ1n) is 8.06. The smallest absolute Gasteiger partial charge is 0.307 e. The topological polar surface area (TPSA) is 60.9 Å². The molecule has 3 rings (SSSR count). The number of carbonyl (C=O) groups excluding carboxylic acids is 1. The molecular weight excluding hydrogens is 268 g/mol. The van der Waals surface area contributed by atoms with E-state index in [0.29, 0.717) is 12.0 Å². The summed E-state index contributed by atoms with van der Waals surface area (Å²) in [4.78, 5) is 28.3. The van der Waals surface area contributed by atoms with Gasteiger partial charge in [0.05, 0.1) is 11.8 Å². The minimum Gasteiger partial charge on any atom is -0.481 e. The van der Waals surface area contributed by atoms with E-state index in [1.807, 2.05) is 18.7 Å². The van der Waals surface area contributed by atoms with E-state index in [4.69, 9.17) is 0 Å². The van der Waals surface area contributed by atoms with Crippen LogP contribution in [0.15, 0.2) is 0 Å². The van der Waals surface area contributed by atoms with Gasteiger partial charge in [-0.1, -0.05) is 13.8 Å². The van der Waals surface area contributed by atoms with Gasteiger partial charge >= 0.3 is 5.97 Å². The molecule has 1 saturated carbocycles. The van der Waals surface area contributed by atoms with Crippen molar-refractivity contribution in [3.63, 3.8) is 0 Å². The Morgan fingerprint density at radius 3 is 2.48 bits per heavy atom. The zero-order valence-corrected chi connectivity index (χ0v) is 13.2. The highest BCUT2D eigenvalue weighted by Gasteiger charge is 2.66. The van der Waals surface area contributed by atoms with E-state index in [1.54, 1.807) is 0 Å². The van der Waals surface area contributed by atoms with Crippen LogP contribution in [0.2, 0.25) is 0 Å². The highest BCUT2D eigenvalue weighted by Crippen LogP contribution is 2.59. The number of fused-ring (bicyclic) bond motifs is 1. The zero-order valence-electron chi connectivity index (χ0n) is 13.2. The van der Waals surface area contributed by atoms with Gasteiger partial charge in [0.1, 0.15) is 0 Å². The average Bonchev–Trinajstić information content (AvgIpc) is 3.01. The maximum absolute atomic E-state index is 12.7. The maximum atomic E-state index is 12.7. The molecular formula is C16H26N2O3. The second-order valence-electron chi connectivity index (χ2n) is 7.64. The van der Waals surface area contributed by atoms with E-state index in [1.165, 1.54) is 12.8 Å². The fourth-order valence-corrected chi connectivity index (χ4v) is 4.61. The Hall–Kier alpha value is -1.10. The molecule has 1 amide bonds. The van der Waals surface area contributed by atoms with Gasteiger partial charge < -0.3 is 14.9 Å². The molecule has 0 aromatic rings. The van der Waals surface area contributed by atoms with E-state index in [0.717, 1.165) is 26.1 Å². The highest BCUT2D eigenvalue weighted by molar-refractivity contribution is 5.91. The molecule has 2 unspecified atom stereocenters. The van der Waals surface area contributed by atoms with Crippen molar-refractivity contribution in [1.82, 2.24) is 9.80 Å². The van der Waals surface area contributed by atoms with E-state index < -0.39 is 11.9 Å². The van der Waals surface area contributed by atoms with Gasteiger partial charge in [-0.05, 0) is 44.2 Å². The number of hydrogen-bond donors (Lipinski definition) is 1. The van der Waals surface area contributed by atoms with Gasteiger partial charge in [-0.2, -0.15) is 0 Å². The van der Waals surface area contributed by atoms with Crippen LogP contribution in [0.3, 0.4) is 0 Å². The predicted molar refractivity (Wildman–Crippen MR) is 78.7 cm³/mol. The van der Waals surface area contributed by atoms with E-state index in [-0.39, 0.29) is 17.2 Å². The number of carbonyl (C=O) groups is 2. The minimum absolute atomic E-state index is 0.0686. The monoisotopic (exact) mass is 294 g/mol. The molecule has 5 nitrogen and oxygen atoms in total. The van der Waals surface area contributed by atoms with Crippen LogP contribution in [-0.4, -0.2) is 59.5 Å². The Kier molecular flexibility index (Phi) is 3.51. The van der Waals surface area contributed by atoms with Crippen molar-refractivity contribution in [2.24, 2.45) is 23.2 Å². The average molecular weight is 294 g/mol. The fourth-order valence-electron chi connectivity index (χ4n) is 4.61. The third kappa shape index (κ3) is 2.35. The van der Waals surface area contributed by atoms with Crippen LogP contribution in [0.25, 0.3) is 0 Å². The Morgan fingerprint density at radius 1 is 1.14 bits per heavy atom. The summed E-state index contributed by atoms with van der Waals surface area (Å²) in [6.07, 6.45) is 3.42. The van der Waals surface area contributed by atoms with Crippen molar-refractivity contribution < 1.29 is 14.7 Å². The summed E-state index contributed by atoms with van der Waals surface area (Å²) >= 11 is 0. The lowest BCUT2D eigenvalue weighted by Gasteiger charge is -2.46. The third-order valence-electron chi connectivity index (χ3n) is 6.02. The van der Waals surface area contributed by atoms with Crippen LogP contribution in [0, 0.1) is 23.2 Å². The van der Waals surface area contributed by atoms with Crippen molar-refractivity contribution in [3.8, 4) is 0 Å². The van der Waals surface area contributed by atoms with Gasteiger partial charge in [0.15, 0.2) is 0 Å². The van der Waals surface area contributed by atoms with E-state index in [2.05, 4.69) is 11.9 Å². The number of hydrogen-bond acceptors (Lipinski definition) is 3. The molecule has 0 bridgehead atoms. The zero-order chi connectivity index (χ0) is 15.4. The number of aliphatic carboxylic acids is 1. The maximum Gasteiger partial charge on any atom is 0.307 e. The number of carboxylic acids is 1. The molecule has 0 radical (unpaired) electrons. The van der Waals surface area contributed by atoms with Gasteiger partial charge in [-0.3, -0.25) is 9.59 Å². The lowest BCUT2D eigenvalue weighted by molar-refractivity contribution is -0.143. The van der Waals surface area contributed by atoms with Gasteiger partial charge in [0, 0.05) is 19.1 Å². The summed E-state index contributed by atoms with van der Waals surface area (Å²) in [5, 5.41) is 9.25. The summed E-state index contributed by atoms with van der Waals surface area (Å²) in [5.41, 5.74) is -0.386. The molecule has 2 aliphatic heterocycles. The number of carboxylic acid groups (broad SMARTS) is 1. The molecule has 21 heavy (non-hydrogen) atoms. The first-order chi connectivity index (χ1) is 9.84. The fraction of sp³-hybridized carbons (Fsp3) is 0.875. The first-order valence-corrected chi connectivity index (χ1v) is 8.06. The summed E-state index contributed by atoms with van der Waals surface area (Å²) in [7, 11) is 2.18. The third-order valence-corrected chi connectivity index (χ3v) is 6.02. The molecule has 3 aliphatic rings. The van der Waals surface area contributed by atoms with Crippen molar-refractivity contribution in [1.29, 1.82) is 0 Å². The van der Waals surface area contributed by atoms with Crippen LogP contribution in [-0.2, 0) is 9.59 Å². The summed E-state index contributed by atoms with van der Waals surface area (Å²) < 4.78 is 0. The molecule has 0 aromatic heterocycles. The van der Waals surface area contributed by atoms with Crippen LogP contribution in [0.5, 0.6) is 0 Å². The van der Waals surface area contributed by atoms with Crippen LogP contribution in [0.4, 0.5) is 0 Å². The summed E-state index contributed by atoms with van der Waals surface area (Å²) in [6, 6.07) is 0.602. The molecule has 1 aliphatic carbocycles. The Labute approximate surface area is 126 Å². The molecule has 118 valence electrons. The van der Waals surface area contributed by atoms with Crippen LogP contribution < -0.4 is 0 Å². The van der Waals surface area contributed by atoms with Crippen LogP contribution in [0.1, 0.15) is 33.1 Å². The Bertz CT molecular complexity index is 462. The van der Waals surface area contributed by atoms with Gasteiger partial charge in [0.25, 0.3) is 0 Å². The lowest BCUT2D eigenvalue weighted by atomic mass is 9.84. The van der Waals surface area contributed by atoms with E-state index >= 15 is 0 Å². The lowest BCUT2D eigenvalue weighted by Crippen LogP contribution is -2.54. The number of nitrogens with zero attached hydrogens (tertiary/aromatic N) is 2. The number of rotatable bonds is 2. The van der Waals surface area contributed by atoms with Gasteiger partial charge in [-0.15, -0.1) is 0 Å².